The Hall–Kier alpha value is -3.77. The third kappa shape index (κ3) is 4.03. The number of ether oxygens (including phenoxy) is 5. The van der Waals surface area contributed by atoms with E-state index >= 15 is 0 Å². The van der Waals surface area contributed by atoms with Crippen molar-refractivity contribution >= 4 is 24.0 Å². The number of fused-ring (bicyclic) bond motifs is 2. The van der Waals surface area contributed by atoms with E-state index in [4.69, 9.17) is 28.1 Å². The first-order valence-corrected chi connectivity index (χ1v) is 15.8. The summed E-state index contributed by atoms with van der Waals surface area (Å²) < 4.78 is 36.0. The van der Waals surface area contributed by atoms with Gasteiger partial charge in [0.2, 0.25) is 0 Å². The first kappa shape index (κ1) is 31.8. The number of esters is 3. The second kappa shape index (κ2) is 10.4. The molecule has 5 aliphatic rings. The van der Waals surface area contributed by atoms with Crippen molar-refractivity contribution in [1.82, 2.24) is 0 Å². The third-order valence-corrected chi connectivity index (χ3v) is 12.0. The summed E-state index contributed by atoms with van der Waals surface area (Å²) in [5.41, 5.74) is -3.30. The van der Waals surface area contributed by atoms with E-state index < -0.39 is 87.9 Å². The molecule has 11 nitrogen and oxygen atoms in total. The molecule has 3 saturated heterocycles. The molecule has 5 fully saturated rings. The fourth-order valence-electron chi connectivity index (χ4n) is 9.87. The second-order valence-electron chi connectivity index (χ2n) is 14.6. The Morgan fingerprint density at radius 1 is 1.09 bits per heavy atom. The Balaban J connectivity index is 1.37. The quantitative estimate of drug-likeness (QED) is 0.210. The van der Waals surface area contributed by atoms with Gasteiger partial charge in [0.05, 0.1) is 37.6 Å². The van der Waals surface area contributed by atoms with Crippen LogP contribution in [0.3, 0.4) is 0 Å². The molecule has 1 aromatic heterocycles. The number of aliphatic hydroxyl groups excluding tert-OH is 1. The molecular formula is C36H40O11. The van der Waals surface area contributed by atoms with Crippen LogP contribution in [0.2, 0.25) is 0 Å². The fraction of sp³-hybridized carbons (Fsp3) is 0.528. The van der Waals surface area contributed by atoms with Gasteiger partial charge in [-0.3, -0.25) is 4.79 Å². The Morgan fingerprint density at radius 2 is 1.81 bits per heavy atom. The van der Waals surface area contributed by atoms with Gasteiger partial charge in [-0.2, -0.15) is 0 Å². The number of benzene rings is 1. The fourth-order valence-corrected chi connectivity index (χ4v) is 9.87. The normalized spacial score (nSPS) is 43.1. The van der Waals surface area contributed by atoms with Gasteiger partial charge in [-0.1, -0.05) is 64.6 Å². The molecule has 2 N–H and O–H groups in total. The molecule has 1 unspecified atom stereocenters. The van der Waals surface area contributed by atoms with Gasteiger partial charge in [0.25, 0.3) is 0 Å². The van der Waals surface area contributed by atoms with Gasteiger partial charge in [-0.05, 0) is 29.7 Å². The van der Waals surface area contributed by atoms with E-state index in [0.717, 1.165) is 5.56 Å². The number of aliphatic hydroxyl groups is 2. The van der Waals surface area contributed by atoms with Gasteiger partial charge < -0.3 is 38.3 Å². The number of rotatable bonds is 5. The Morgan fingerprint density at radius 3 is 2.47 bits per heavy atom. The number of carbonyl (C=O) groups excluding carboxylic acids is 3. The van der Waals surface area contributed by atoms with Gasteiger partial charge in [-0.25, -0.2) is 9.59 Å². The maximum absolute atomic E-state index is 13.5. The number of cyclic esters (lactones) is 1. The molecule has 4 heterocycles. The van der Waals surface area contributed by atoms with Crippen molar-refractivity contribution in [2.24, 2.45) is 28.1 Å². The molecule has 0 amide bonds. The predicted octanol–water partition coefficient (Wildman–Crippen LogP) is 3.90. The molecule has 0 radical (unpaired) electrons. The van der Waals surface area contributed by atoms with Crippen LogP contribution in [0.1, 0.15) is 57.8 Å². The molecule has 250 valence electrons. The van der Waals surface area contributed by atoms with Gasteiger partial charge in [0.1, 0.15) is 23.9 Å². The molecule has 11 atom stereocenters. The summed E-state index contributed by atoms with van der Waals surface area (Å²) in [4.78, 5) is 40.2. The second-order valence-corrected chi connectivity index (χ2v) is 14.6. The van der Waals surface area contributed by atoms with Crippen LogP contribution in [-0.4, -0.2) is 71.0 Å². The molecule has 1 spiro atoms. The lowest BCUT2D eigenvalue weighted by Gasteiger charge is -2.61. The molecule has 11 heteroatoms. The Bertz CT molecular complexity index is 1650. The maximum atomic E-state index is 13.5. The van der Waals surface area contributed by atoms with Crippen LogP contribution in [0.4, 0.5) is 0 Å². The van der Waals surface area contributed by atoms with Gasteiger partial charge in [-0.15, -0.1) is 0 Å². The summed E-state index contributed by atoms with van der Waals surface area (Å²) in [5.74, 6) is -5.85. The van der Waals surface area contributed by atoms with Crippen molar-refractivity contribution < 1.29 is 52.7 Å². The number of methoxy groups -OCH3 is 1. The molecule has 2 bridgehead atoms. The van der Waals surface area contributed by atoms with E-state index in [2.05, 4.69) is 6.58 Å². The first-order chi connectivity index (χ1) is 22.2. The SMILES string of the molecule is C=C1[C@@H]2C[C@@]3(C)[C@H](c4ccoc4)OC(=O)C[C@]13O[C@H]1[C@@H](O)[C@@H](OC(=O)/C=C/c3ccccc3)C(C)(C)[C@@H]3C(C(=O)OC)O[C@]2(O)[C@@]13C. The van der Waals surface area contributed by atoms with Crippen molar-refractivity contribution in [3.63, 3.8) is 0 Å². The largest absolute Gasteiger partial charge is 0.472 e. The Kier molecular flexibility index (Phi) is 7.01. The zero-order valence-corrected chi connectivity index (χ0v) is 27.0. The van der Waals surface area contributed by atoms with Gasteiger partial charge in [0, 0.05) is 34.3 Å². The van der Waals surface area contributed by atoms with Crippen molar-refractivity contribution in [3.05, 3.63) is 78.3 Å². The highest BCUT2D eigenvalue weighted by Crippen LogP contribution is 2.76. The molecular weight excluding hydrogens is 608 g/mol. The van der Waals surface area contributed by atoms with E-state index in [1.165, 1.54) is 25.7 Å². The van der Waals surface area contributed by atoms with E-state index in [-0.39, 0.29) is 12.8 Å². The van der Waals surface area contributed by atoms with Crippen LogP contribution in [0.5, 0.6) is 0 Å². The van der Waals surface area contributed by atoms with Crippen LogP contribution in [-0.2, 0) is 38.1 Å². The third-order valence-electron chi connectivity index (χ3n) is 12.0. The number of carbonyl (C=O) groups is 3. The first-order valence-electron chi connectivity index (χ1n) is 15.8. The average Bonchev–Trinajstić information content (AvgIpc) is 3.70. The summed E-state index contributed by atoms with van der Waals surface area (Å²) in [6.45, 7) is 11.5. The summed E-state index contributed by atoms with van der Waals surface area (Å²) in [6.07, 6.45) is -0.398. The minimum absolute atomic E-state index is 0.216. The van der Waals surface area contributed by atoms with Crippen molar-refractivity contribution in [2.45, 2.75) is 82.4 Å². The number of furan rings is 1. The van der Waals surface area contributed by atoms with Crippen LogP contribution in [0, 0.1) is 28.1 Å². The molecule has 2 aliphatic carbocycles. The van der Waals surface area contributed by atoms with E-state index in [9.17, 15) is 24.6 Å². The number of hydrogen-bond donors (Lipinski definition) is 2. The highest BCUT2D eigenvalue weighted by molar-refractivity contribution is 5.87. The summed E-state index contributed by atoms with van der Waals surface area (Å²) in [6, 6.07) is 10.9. The maximum Gasteiger partial charge on any atom is 0.335 e. The molecule has 47 heavy (non-hydrogen) atoms. The Labute approximate surface area is 272 Å². The van der Waals surface area contributed by atoms with Crippen molar-refractivity contribution in [1.29, 1.82) is 0 Å². The van der Waals surface area contributed by atoms with Crippen LogP contribution >= 0.6 is 0 Å². The van der Waals surface area contributed by atoms with Crippen LogP contribution < -0.4 is 0 Å². The minimum Gasteiger partial charge on any atom is -0.472 e. The van der Waals surface area contributed by atoms with Crippen molar-refractivity contribution in [3.8, 4) is 0 Å². The topological polar surface area (TPSA) is 151 Å². The minimum atomic E-state index is -2.12. The van der Waals surface area contributed by atoms with Crippen molar-refractivity contribution in [2.75, 3.05) is 7.11 Å². The van der Waals surface area contributed by atoms with Gasteiger partial charge >= 0.3 is 17.9 Å². The van der Waals surface area contributed by atoms with Crippen LogP contribution in [0.15, 0.2) is 71.6 Å². The predicted molar refractivity (Wildman–Crippen MR) is 164 cm³/mol. The lowest BCUT2D eigenvalue weighted by Crippen LogP contribution is -2.72. The lowest BCUT2D eigenvalue weighted by atomic mass is 9.49. The highest BCUT2D eigenvalue weighted by Gasteiger charge is 2.84. The van der Waals surface area contributed by atoms with Gasteiger partial charge in [0.15, 0.2) is 11.9 Å². The molecule has 2 aromatic rings. The molecule has 2 saturated carbocycles. The van der Waals surface area contributed by atoms with E-state index in [0.29, 0.717) is 11.1 Å². The number of hydrogen-bond acceptors (Lipinski definition) is 11. The van der Waals surface area contributed by atoms with Crippen LogP contribution in [0.25, 0.3) is 6.08 Å². The van der Waals surface area contributed by atoms with E-state index in [1.807, 2.05) is 37.3 Å². The highest BCUT2D eigenvalue weighted by atomic mass is 16.7. The molecule has 1 aromatic carbocycles. The summed E-state index contributed by atoms with van der Waals surface area (Å²) in [5, 5.41) is 25.3. The average molecular weight is 649 g/mol. The monoisotopic (exact) mass is 648 g/mol. The standard InChI is InChI=1S/C36H40O11/c1-19-22-16-33(4)28(21-14-15-43-18-21)45-24(38)17-35(19,33)47-30-25(39)29(44-23(37)13-12-20-10-8-7-9-11-20)32(2,3)27-26(31(40)42-6)46-36(22,41)34(27,30)5/h7-15,18,22,25-30,39,41H,1,16-17H2,2-6H3/b13-12+/t22-,25-,26?,27-,28-,29+,30-,33-,34+,35-,36-/m0/s1. The lowest BCUT2D eigenvalue weighted by molar-refractivity contribution is -0.336. The zero-order valence-electron chi connectivity index (χ0n) is 27.0. The van der Waals surface area contributed by atoms with E-state index in [1.54, 1.807) is 32.9 Å². The molecule has 3 aliphatic heterocycles. The summed E-state index contributed by atoms with van der Waals surface area (Å²) >= 11 is 0. The molecule has 7 rings (SSSR count). The summed E-state index contributed by atoms with van der Waals surface area (Å²) in [7, 11) is 1.23. The zero-order chi connectivity index (χ0) is 33.7. The smallest absolute Gasteiger partial charge is 0.335 e.